The molecule has 0 aliphatic rings. The monoisotopic (exact) mass is 430 g/mol. The van der Waals surface area contributed by atoms with Gasteiger partial charge in [0, 0.05) is 5.69 Å². The van der Waals surface area contributed by atoms with Crippen molar-refractivity contribution >= 4 is 5.95 Å². The van der Waals surface area contributed by atoms with Crippen molar-refractivity contribution < 1.29 is 29.8 Å². The van der Waals surface area contributed by atoms with Crippen LogP contribution >= 0.6 is 0 Å². The van der Waals surface area contributed by atoms with E-state index in [0.29, 0.717) is 11.4 Å². The van der Waals surface area contributed by atoms with Gasteiger partial charge >= 0.3 is 0 Å². The van der Waals surface area contributed by atoms with Crippen LogP contribution in [-0.2, 0) is 14.5 Å². The fraction of sp³-hybridized carbons (Fsp3) is 0.545. The summed E-state index contributed by atoms with van der Waals surface area (Å²) >= 11 is 0. The molecule has 1 N–H and O–H groups in total. The summed E-state index contributed by atoms with van der Waals surface area (Å²) in [5.41, 5.74) is -0.650. The van der Waals surface area contributed by atoms with Crippen molar-refractivity contribution in [2.75, 3.05) is 25.1 Å². The summed E-state index contributed by atoms with van der Waals surface area (Å²) in [4.78, 5) is 44.3. The van der Waals surface area contributed by atoms with E-state index < -0.39 is 46.6 Å². The fourth-order valence-corrected chi connectivity index (χ4v) is 2.19. The van der Waals surface area contributed by atoms with Crippen LogP contribution in [0.5, 0.6) is 0 Å². The molecule has 2 aromatic rings. The first-order chi connectivity index (χ1) is 14.1. The number of rotatable bonds is 12. The van der Waals surface area contributed by atoms with Gasteiger partial charge in [-0.05, 0) is 19.9 Å². The maximum absolute atomic E-state index is 10.6. The van der Waals surface area contributed by atoms with Crippen molar-refractivity contribution in [3.05, 3.63) is 47.8 Å². The van der Waals surface area contributed by atoms with Crippen molar-refractivity contribution in [1.82, 2.24) is 30.2 Å². The van der Waals surface area contributed by atoms with E-state index in [1.807, 2.05) is 0 Å². The largest absolute Gasteiger partial charge is 0.340 e. The third-order valence-corrected chi connectivity index (χ3v) is 3.38. The van der Waals surface area contributed by atoms with E-state index in [-0.39, 0.29) is 5.95 Å². The summed E-state index contributed by atoms with van der Waals surface area (Å²) in [5.74, 6) is -0.410. The normalized spacial score (nSPS) is 10.9. The van der Waals surface area contributed by atoms with Crippen molar-refractivity contribution in [3.8, 4) is 5.95 Å². The number of nitrogens with zero attached hydrogens (tertiary/aromatic N) is 9. The van der Waals surface area contributed by atoms with Crippen LogP contribution in [0.25, 0.3) is 5.95 Å². The lowest BCUT2D eigenvalue weighted by Crippen LogP contribution is -2.53. The van der Waals surface area contributed by atoms with Gasteiger partial charge in [0.15, 0.2) is 0 Å². The number of nitrogens with one attached hydrogen (secondary N) is 1. The molecule has 2 rings (SSSR count). The molecule has 30 heavy (non-hydrogen) atoms. The Bertz CT molecular complexity index is 871. The Labute approximate surface area is 165 Å². The molecule has 0 radical (unpaired) electrons. The molecule has 0 unspecified atom stereocenters. The third-order valence-electron chi connectivity index (χ3n) is 3.38. The van der Waals surface area contributed by atoms with Crippen LogP contribution in [0, 0.1) is 44.2 Å². The Balaban J connectivity index is 2.29. The van der Waals surface area contributed by atoms with Gasteiger partial charge in [0.2, 0.25) is 0 Å². The predicted molar refractivity (Wildman–Crippen MR) is 89.4 cm³/mol. The summed E-state index contributed by atoms with van der Waals surface area (Å²) in [5, 5.41) is 49.5. The molecule has 19 nitrogen and oxygen atoms in total. The zero-order valence-corrected chi connectivity index (χ0v) is 15.4. The van der Waals surface area contributed by atoms with E-state index in [0.717, 1.165) is 0 Å². The number of hydrogen-bond donors (Lipinski definition) is 1. The third kappa shape index (κ3) is 6.03. The molecule has 0 aromatic carbocycles. The fourth-order valence-electron chi connectivity index (χ4n) is 2.19. The van der Waals surface area contributed by atoms with Gasteiger partial charge in [-0.1, -0.05) is 0 Å². The van der Waals surface area contributed by atoms with Crippen molar-refractivity contribution in [1.29, 1.82) is 0 Å². The van der Waals surface area contributed by atoms with Crippen LogP contribution in [0.3, 0.4) is 0 Å². The first kappa shape index (κ1) is 21.8. The second-order valence-electron chi connectivity index (χ2n) is 5.76. The van der Waals surface area contributed by atoms with E-state index in [9.17, 15) is 30.3 Å². The Morgan fingerprint density at radius 3 is 1.77 bits per heavy atom. The quantitative estimate of drug-likeness (QED) is 0.308. The summed E-state index contributed by atoms with van der Waals surface area (Å²) < 4.78 is 1.34. The Hall–Kier alpha value is -4.45. The van der Waals surface area contributed by atoms with Gasteiger partial charge in [-0.25, -0.2) is 4.68 Å². The number of aromatic nitrogens is 6. The van der Waals surface area contributed by atoms with Crippen LogP contribution in [0.4, 0.5) is 5.95 Å². The van der Waals surface area contributed by atoms with Crippen molar-refractivity contribution in [2.45, 2.75) is 19.4 Å². The highest BCUT2D eigenvalue weighted by Gasteiger charge is 2.36. The molecular weight excluding hydrogens is 416 g/mol. The molecule has 0 spiro atoms. The van der Waals surface area contributed by atoms with Crippen LogP contribution in [0.1, 0.15) is 11.4 Å². The molecule has 162 valence electrons. The number of anilines is 1. The SMILES string of the molecule is Cc1cc(C)n(-c2nnc(NC(CO[N+](=O)[O-])(CO[N+](=O)[O-])CO[N+](=O)[O-])nn2)n1. The molecule has 0 amide bonds. The zero-order valence-electron chi connectivity index (χ0n) is 15.4. The number of hydrogen-bond acceptors (Lipinski definition) is 15. The lowest BCUT2D eigenvalue weighted by atomic mass is 10.0. The molecule has 2 aromatic heterocycles. The lowest BCUT2D eigenvalue weighted by molar-refractivity contribution is -0.777. The standard InChI is InChI=1S/C11H14N10O9/c1-7-3-8(2)18(17-7)10-15-13-9(14-16-10)12-11(4-28-19(22)23,5-29-20(24)25)6-30-21(26)27/h3H,4-6H2,1-2H3,(H,12,13,14). The highest BCUT2D eigenvalue weighted by atomic mass is 17.0. The van der Waals surface area contributed by atoms with Gasteiger partial charge in [0.25, 0.3) is 27.2 Å². The minimum absolute atomic E-state index is 0.0126. The van der Waals surface area contributed by atoms with Gasteiger partial charge in [0.1, 0.15) is 25.4 Å². The van der Waals surface area contributed by atoms with Crippen molar-refractivity contribution in [3.63, 3.8) is 0 Å². The molecular formula is C11H14N10O9. The van der Waals surface area contributed by atoms with E-state index >= 15 is 0 Å². The molecule has 0 atom stereocenters. The summed E-state index contributed by atoms with van der Waals surface area (Å²) in [6.45, 7) is 0.618. The highest BCUT2D eigenvalue weighted by Crippen LogP contribution is 2.15. The molecule has 0 aliphatic carbocycles. The van der Waals surface area contributed by atoms with E-state index in [1.54, 1.807) is 19.9 Å². The summed E-state index contributed by atoms with van der Waals surface area (Å²) in [6, 6.07) is 1.75. The molecule has 0 bridgehead atoms. The average molecular weight is 430 g/mol. The van der Waals surface area contributed by atoms with Crippen LogP contribution < -0.4 is 5.32 Å². The summed E-state index contributed by atoms with van der Waals surface area (Å²) in [6.07, 6.45) is 0. The maximum Gasteiger partial charge on any atom is 0.294 e. The van der Waals surface area contributed by atoms with Gasteiger partial charge in [-0.3, -0.25) is 0 Å². The first-order valence-corrected chi connectivity index (χ1v) is 7.81. The first-order valence-electron chi connectivity index (χ1n) is 7.81. The molecule has 2 heterocycles. The zero-order chi connectivity index (χ0) is 22.3. The molecule has 0 aliphatic heterocycles. The highest BCUT2D eigenvalue weighted by molar-refractivity contribution is 5.28. The second kappa shape index (κ2) is 9.16. The maximum atomic E-state index is 10.6. The average Bonchev–Trinajstić information content (AvgIpc) is 3.01. The molecule has 0 fully saturated rings. The predicted octanol–water partition coefficient (Wildman–Crippen LogP) is -1.16. The van der Waals surface area contributed by atoms with Crippen LogP contribution in [-0.4, -0.2) is 70.8 Å². The molecule has 19 heteroatoms. The van der Waals surface area contributed by atoms with Crippen LogP contribution in [0.2, 0.25) is 0 Å². The molecule has 0 saturated heterocycles. The Kier molecular flexibility index (Phi) is 6.67. The van der Waals surface area contributed by atoms with Gasteiger partial charge in [-0.15, -0.1) is 50.7 Å². The Morgan fingerprint density at radius 2 is 1.40 bits per heavy atom. The van der Waals surface area contributed by atoms with Gasteiger partial charge in [-0.2, -0.15) is 5.10 Å². The van der Waals surface area contributed by atoms with Crippen LogP contribution in [0.15, 0.2) is 6.07 Å². The van der Waals surface area contributed by atoms with E-state index in [4.69, 9.17) is 0 Å². The van der Waals surface area contributed by atoms with Crippen molar-refractivity contribution in [2.24, 2.45) is 0 Å². The van der Waals surface area contributed by atoms with Gasteiger partial charge < -0.3 is 19.8 Å². The summed E-state index contributed by atoms with van der Waals surface area (Å²) in [7, 11) is 0. The minimum Gasteiger partial charge on any atom is -0.340 e. The number of aryl methyl sites for hydroxylation is 2. The van der Waals surface area contributed by atoms with Gasteiger partial charge in [0.05, 0.1) is 5.69 Å². The minimum atomic E-state index is -2.02. The topological polar surface area (TPSA) is 239 Å². The second-order valence-corrected chi connectivity index (χ2v) is 5.76. The smallest absolute Gasteiger partial charge is 0.294 e. The lowest BCUT2D eigenvalue weighted by Gasteiger charge is -2.31. The molecule has 0 saturated carbocycles. The van der Waals surface area contributed by atoms with E-state index in [2.05, 4.69) is 45.3 Å². The Morgan fingerprint density at radius 1 is 0.933 bits per heavy atom. The van der Waals surface area contributed by atoms with E-state index in [1.165, 1.54) is 4.68 Å².